The molecule has 1 aliphatic heterocycles. The monoisotopic (exact) mass is 228 g/mol. The Labute approximate surface area is 98.3 Å². The molecule has 1 saturated heterocycles. The third kappa shape index (κ3) is 3.76. The maximum absolute atomic E-state index is 11.7. The second-order valence-electron chi connectivity index (χ2n) is 4.77. The SMILES string of the molecule is CCOCC(C)NC1CC(=O)N(C(C)C)C1. The third-order valence-electron chi connectivity index (χ3n) is 2.87. The number of amides is 1. The molecule has 1 heterocycles. The Morgan fingerprint density at radius 3 is 2.69 bits per heavy atom. The average Bonchev–Trinajstić information content (AvgIpc) is 2.56. The lowest BCUT2D eigenvalue weighted by molar-refractivity contribution is -0.129. The second-order valence-corrected chi connectivity index (χ2v) is 4.77. The van der Waals surface area contributed by atoms with Crippen molar-refractivity contribution >= 4 is 5.91 Å². The molecule has 1 rings (SSSR count). The van der Waals surface area contributed by atoms with Gasteiger partial charge in [-0.25, -0.2) is 0 Å². The number of likely N-dealkylation sites (tertiary alicyclic amines) is 1. The number of ether oxygens (including phenoxy) is 1. The van der Waals surface area contributed by atoms with E-state index in [1.54, 1.807) is 0 Å². The van der Waals surface area contributed by atoms with Crippen LogP contribution >= 0.6 is 0 Å². The van der Waals surface area contributed by atoms with Crippen molar-refractivity contribution in [3.8, 4) is 0 Å². The fourth-order valence-electron chi connectivity index (χ4n) is 2.09. The summed E-state index contributed by atoms with van der Waals surface area (Å²) in [5.74, 6) is 0.260. The zero-order chi connectivity index (χ0) is 12.1. The molecule has 94 valence electrons. The van der Waals surface area contributed by atoms with E-state index in [1.165, 1.54) is 0 Å². The van der Waals surface area contributed by atoms with Gasteiger partial charge in [0.05, 0.1) is 6.61 Å². The van der Waals surface area contributed by atoms with Crippen molar-refractivity contribution in [2.75, 3.05) is 19.8 Å². The number of carbonyl (C=O) groups excluding carboxylic acids is 1. The number of hydrogen-bond acceptors (Lipinski definition) is 3. The number of nitrogens with zero attached hydrogens (tertiary/aromatic N) is 1. The van der Waals surface area contributed by atoms with Gasteiger partial charge in [0.15, 0.2) is 0 Å². The van der Waals surface area contributed by atoms with Crippen LogP contribution < -0.4 is 5.32 Å². The van der Waals surface area contributed by atoms with Crippen molar-refractivity contribution < 1.29 is 9.53 Å². The number of carbonyl (C=O) groups is 1. The summed E-state index contributed by atoms with van der Waals surface area (Å²) in [5.41, 5.74) is 0. The zero-order valence-corrected chi connectivity index (χ0v) is 10.8. The van der Waals surface area contributed by atoms with Crippen LogP contribution in [0.1, 0.15) is 34.1 Å². The molecule has 2 unspecified atom stereocenters. The van der Waals surface area contributed by atoms with Gasteiger partial charge in [-0.15, -0.1) is 0 Å². The molecule has 2 atom stereocenters. The maximum Gasteiger partial charge on any atom is 0.224 e. The first kappa shape index (κ1) is 13.5. The van der Waals surface area contributed by atoms with E-state index in [4.69, 9.17) is 4.74 Å². The molecule has 0 aromatic carbocycles. The molecular formula is C12H24N2O2. The minimum absolute atomic E-state index is 0.260. The Balaban J connectivity index is 2.32. The van der Waals surface area contributed by atoms with Crippen LogP contribution in [-0.2, 0) is 9.53 Å². The molecular weight excluding hydrogens is 204 g/mol. The van der Waals surface area contributed by atoms with Gasteiger partial charge in [0.2, 0.25) is 5.91 Å². The molecule has 0 spiro atoms. The smallest absolute Gasteiger partial charge is 0.224 e. The van der Waals surface area contributed by atoms with Crippen molar-refractivity contribution in [2.45, 2.75) is 52.2 Å². The summed E-state index contributed by atoms with van der Waals surface area (Å²) in [7, 11) is 0. The highest BCUT2D eigenvalue weighted by Gasteiger charge is 2.31. The molecule has 1 aliphatic rings. The molecule has 1 N–H and O–H groups in total. The summed E-state index contributed by atoms with van der Waals surface area (Å²) >= 11 is 0. The van der Waals surface area contributed by atoms with Gasteiger partial charge >= 0.3 is 0 Å². The Morgan fingerprint density at radius 1 is 1.50 bits per heavy atom. The van der Waals surface area contributed by atoms with Crippen molar-refractivity contribution in [3.63, 3.8) is 0 Å². The van der Waals surface area contributed by atoms with Crippen LogP contribution in [0, 0.1) is 0 Å². The molecule has 0 aliphatic carbocycles. The van der Waals surface area contributed by atoms with E-state index >= 15 is 0 Å². The predicted octanol–water partition coefficient (Wildman–Crippen LogP) is 1.01. The number of rotatable bonds is 6. The van der Waals surface area contributed by atoms with Crippen molar-refractivity contribution in [1.29, 1.82) is 0 Å². The van der Waals surface area contributed by atoms with Crippen LogP contribution in [0.15, 0.2) is 0 Å². The van der Waals surface area contributed by atoms with Crippen LogP contribution in [0.3, 0.4) is 0 Å². The summed E-state index contributed by atoms with van der Waals surface area (Å²) in [6.07, 6.45) is 0.620. The zero-order valence-electron chi connectivity index (χ0n) is 10.8. The first-order valence-corrected chi connectivity index (χ1v) is 6.17. The van der Waals surface area contributed by atoms with Crippen LogP contribution in [0.5, 0.6) is 0 Å². The fraction of sp³-hybridized carbons (Fsp3) is 0.917. The highest BCUT2D eigenvalue weighted by atomic mass is 16.5. The largest absolute Gasteiger partial charge is 0.380 e. The third-order valence-corrected chi connectivity index (χ3v) is 2.87. The Morgan fingerprint density at radius 2 is 2.19 bits per heavy atom. The van der Waals surface area contributed by atoms with Crippen LogP contribution in [-0.4, -0.2) is 48.7 Å². The van der Waals surface area contributed by atoms with Gasteiger partial charge < -0.3 is 15.0 Å². The summed E-state index contributed by atoms with van der Waals surface area (Å²) in [6.45, 7) is 10.5. The Kier molecular flexibility index (Phi) is 5.22. The molecule has 16 heavy (non-hydrogen) atoms. The molecule has 1 amide bonds. The van der Waals surface area contributed by atoms with E-state index < -0.39 is 0 Å². The lowest BCUT2D eigenvalue weighted by Crippen LogP contribution is -2.41. The minimum atomic E-state index is 0.260. The molecule has 0 bridgehead atoms. The molecule has 0 radical (unpaired) electrons. The van der Waals surface area contributed by atoms with Crippen LogP contribution in [0.2, 0.25) is 0 Å². The molecule has 1 fully saturated rings. The van der Waals surface area contributed by atoms with Crippen molar-refractivity contribution in [2.24, 2.45) is 0 Å². The number of nitrogens with one attached hydrogen (secondary N) is 1. The lowest BCUT2D eigenvalue weighted by Gasteiger charge is -2.22. The van der Waals surface area contributed by atoms with Gasteiger partial charge in [-0.3, -0.25) is 4.79 Å². The van der Waals surface area contributed by atoms with E-state index in [2.05, 4.69) is 26.1 Å². The van der Waals surface area contributed by atoms with E-state index in [1.807, 2.05) is 11.8 Å². The first-order valence-electron chi connectivity index (χ1n) is 6.17. The molecule has 0 saturated carbocycles. The van der Waals surface area contributed by atoms with Gasteiger partial charge in [0.1, 0.15) is 0 Å². The van der Waals surface area contributed by atoms with Crippen molar-refractivity contribution in [3.05, 3.63) is 0 Å². The summed E-state index contributed by atoms with van der Waals surface area (Å²) < 4.78 is 5.35. The average molecular weight is 228 g/mol. The second kappa shape index (κ2) is 6.21. The van der Waals surface area contributed by atoms with Crippen molar-refractivity contribution in [1.82, 2.24) is 10.2 Å². The summed E-state index contributed by atoms with van der Waals surface area (Å²) in [4.78, 5) is 13.6. The van der Waals surface area contributed by atoms with E-state index in [0.717, 1.165) is 13.2 Å². The lowest BCUT2D eigenvalue weighted by atomic mass is 10.2. The molecule has 4 heteroatoms. The summed E-state index contributed by atoms with van der Waals surface area (Å²) in [6, 6.07) is 0.900. The minimum Gasteiger partial charge on any atom is -0.380 e. The molecule has 4 nitrogen and oxygen atoms in total. The Bertz CT molecular complexity index is 231. The van der Waals surface area contributed by atoms with Gasteiger partial charge in [0.25, 0.3) is 0 Å². The van der Waals surface area contributed by atoms with Gasteiger partial charge in [-0.2, -0.15) is 0 Å². The molecule has 0 aromatic heterocycles. The summed E-state index contributed by atoms with van der Waals surface area (Å²) in [5, 5.41) is 3.44. The van der Waals surface area contributed by atoms with Gasteiger partial charge in [-0.1, -0.05) is 0 Å². The molecule has 0 aromatic rings. The maximum atomic E-state index is 11.7. The number of hydrogen-bond donors (Lipinski definition) is 1. The van der Waals surface area contributed by atoms with E-state index in [-0.39, 0.29) is 11.9 Å². The normalized spacial score (nSPS) is 23.2. The quantitative estimate of drug-likeness (QED) is 0.737. The fourth-order valence-corrected chi connectivity index (χ4v) is 2.09. The topological polar surface area (TPSA) is 41.6 Å². The van der Waals surface area contributed by atoms with E-state index in [9.17, 15) is 4.79 Å². The highest BCUT2D eigenvalue weighted by molar-refractivity contribution is 5.79. The first-order chi connectivity index (χ1) is 7.54. The standard InChI is InChI=1S/C12H24N2O2/c1-5-16-8-10(4)13-11-6-12(15)14(7-11)9(2)3/h9-11,13H,5-8H2,1-4H3. The van der Waals surface area contributed by atoms with Crippen LogP contribution in [0.4, 0.5) is 0 Å². The van der Waals surface area contributed by atoms with Crippen LogP contribution in [0.25, 0.3) is 0 Å². The van der Waals surface area contributed by atoms with Gasteiger partial charge in [-0.05, 0) is 27.7 Å². The highest BCUT2D eigenvalue weighted by Crippen LogP contribution is 2.14. The van der Waals surface area contributed by atoms with E-state index in [0.29, 0.717) is 25.1 Å². The van der Waals surface area contributed by atoms with Gasteiger partial charge in [0, 0.05) is 37.7 Å². The Hall–Kier alpha value is -0.610. The predicted molar refractivity (Wildman–Crippen MR) is 64.3 cm³/mol.